The van der Waals surface area contributed by atoms with E-state index in [-0.39, 0.29) is 0 Å². The van der Waals surface area contributed by atoms with Crippen LogP contribution in [-0.2, 0) is 28.2 Å². The summed E-state index contributed by atoms with van der Waals surface area (Å²) in [4.78, 5) is 0. The van der Waals surface area contributed by atoms with Crippen molar-refractivity contribution in [2.45, 2.75) is 6.42 Å². The van der Waals surface area contributed by atoms with Crippen LogP contribution in [0, 0.1) is 0 Å². The Bertz CT molecular complexity index is 1330. The molecule has 0 saturated carbocycles. The van der Waals surface area contributed by atoms with E-state index in [2.05, 4.69) is 41.3 Å². The number of aromatic nitrogens is 6. The van der Waals surface area contributed by atoms with Crippen molar-refractivity contribution in [3.05, 3.63) is 49.1 Å². The first kappa shape index (κ1) is 27.2. The number of hydrogen-bond donors (Lipinski definition) is 2. The fraction of sp³-hybridized carbons (Fsp3) is 0.360. The smallest absolute Gasteiger partial charge is 0.403 e. The highest BCUT2D eigenvalue weighted by Gasteiger charge is 2.14. The van der Waals surface area contributed by atoms with Crippen LogP contribution in [0.4, 0.5) is 34.6 Å². The first-order valence-corrected chi connectivity index (χ1v) is 12.3. The second-order valence-corrected chi connectivity index (χ2v) is 8.71. The van der Waals surface area contributed by atoms with E-state index < -0.39 is 0 Å². The molecule has 14 heteroatoms. The maximum Gasteiger partial charge on any atom is 0.403 e. The molecule has 39 heavy (non-hydrogen) atoms. The molecule has 0 atom stereocenters. The Morgan fingerprint density at radius 3 is 1.51 bits per heavy atom. The second-order valence-electron chi connectivity index (χ2n) is 8.71. The van der Waals surface area contributed by atoms with Crippen LogP contribution in [0.25, 0.3) is 0 Å². The molecule has 0 spiro atoms. The molecule has 0 aliphatic heterocycles. The Morgan fingerprint density at radius 2 is 1.15 bits per heavy atom. The lowest BCUT2D eigenvalue weighted by Gasteiger charge is -2.11. The zero-order chi connectivity index (χ0) is 27.8. The lowest BCUT2D eigenvalue weighted by Crippen LogP contribution is -2.25. The summed E-state index contributed by atoms with van der Waals surface area (Å²) in [6.45, 7) is 1.54. The Labute approximate surface area is 226 Å². The van der Waals surface area contributed by atoms with E-state index in [1.165, 1.54) is 0 Å². The summed E-state index contributed by atoms with van der Waals surface area (Å²) >= 11 is 0. The topological polar surface area (TPSA) is 135 Å². The quantitative estimate of drug-likeness (QED) is 0.162. The monoisotopic (exact) mass is 534 g/mol. The van der Waals surface area contributed by atoms with Gasteiger partial charge >= 0.3 is 11.9 Å². The van der Waals surface area contributed by atoms with E-state index in [1.54, 1.807) is 45.4 Å². The van der Waals surface area contributed by atoms with E-state index in [0.717, 1.165) is 30.9 Å². The van der Waals surface area contributed by atoms with E-state index in [4.69, 9.17) is 9.47 Å². The van der Waals surface area contributed by atoms with Crippen LogP contribution in [-0.4, -0.2) is 46.9 Å². The zero-order valence-electron chi connectivity index (χ0n) is 23.0. The lowest BCUT2D eigenvalue weighted by atomic mass is 10.2. The maximum atomic E-state index is 5.52. The van der Waals surface area contributed by atoms with Crippen LogP contribution in [0.5, 0.6) is 11.5 Å². The minimum Gasteiger partial charge on any atom is -0.494 e. The number of ether oxygens (including phenoxy) is 2. The number of methoxy groups -OCH3 is 2. The van der Waals surface area contributed by atoms with E-state index in [1.807, 2.05) is 64.6 Å². The van der Waals surface area contributed by atoms with E-state index in [9.17, 15) is 0 Å². The molecule has 2 N–H and O–H groups in total. The van der Waals surface area contributed by atoms with Gasteiger partial charge in [0.2, 0.25) is 12.7 Å². The van der Waals surface area contributed by atoms with Gasteiger partial charge in [-0.2, -0.15) is 0 Å². The largest absolute Gasteiger partial charge is 0.494 e. The highest BCUT2D eigenvalue weighted by Crippen LogP contribution is 2.32. The summed E-state index contributed by atoms with van der Waals surface area (Å²) in [6.07, 6.45) is 4.24. The van der Waals surface area contributed by atoms with Crippen LogP contribution in [0.15, 0.2) is 69.5 Å². The molecule has 0 bridgehead atoms. The molecule has 204 valence electrons. The summed E-state index contributed by atoms with van der Waals surface area (Å²) in [6, 6.07) is 11.5. The van der Waals surface area contributed by atoms with Crippen molar-refractivity contribution in [1.82, 2.24) is 19.6 Å². The summed E-state index contributed by atoms with van der Waals surface area (Å²) in [5, 5.41) is 32.4. The highest BCUT2D eigenvalue weighted by molar-refractivity contribution is 5.61. The number of benzene rings is 2. The molecule has 0 amide bonds. The minimum atomic E-state index is 0.627. The molecule has 2 aromatic heterocycles. The standard InChI is InChI=1S/C25H32N12O2/c1-34-16-28-36(3)24(34)32-30-20-10-8-18(14-22(20)38-5)26-12-7-13-27-19-9-11-21(23(15-19)39-6)31-33-25-35(2)17-29-37(25)4/h8-11,14-17H,7,12-13H2,1-6H3/p+2. The normalized spacial score (nSPS) is 11.4. The fourth-order valence-electron chi connectivity index (χ4n) is 3.73. The maximum absolute atomic E-state index is 5.52. The Balaban J connectivity index is 1.28. The van der Waals surface area contributed by atoms with Gasteiger partial charge in [0.1, 0.15) is 22.9 Å². The third-order valence-electron chi connectivity index (χ3n) is 5.87. The van der Waals surface area contributed by atoms with Crippen molar-refractivity contribution < 1.29 is 18.6 Å². The van der Waals surface area contributed by atoms with Crippen molar-refractivity contribution >= 4 is 34.6 Å². The third-order valence-corrected chi connectivity index (χ3v) is 5.87. The molecule has 0 fully saturated rings. The van der Waals surface area contributed by atoms with Gasteiger partial charge in [0.25, 0.3) is 0 Å². The number of nitrogens with zero attached hydrogens (tertiary/aromatic N) is 10. The number of nitrogens with one attached hydrogen (secondary N) is 2. The van der Waals surface area contributed by atoms with Crippen LogP contribution in [0.3, 0.4) is 0 Å². The predicted molar refractivity (Wildman–Crippen MR) is 145 cm³/mol. The minimum absolute atomic E-state index is 0.627. The van der Waals surface area contributed by atoms with Crippen molar-refractivity contribution in [3.8, 4) is 11.5 Å². The molecule has 2 heterocycles. The van der Waals surface area contributed by atoms with Crippen molar-refractivity contribution in [2.75, 3.05) is 37.9 Å². The van der Waals surface area contributed by atoms with Crippen LogP contribution in [0.2, 0.25) is 0 Å². The predicted octanol–water partition coefficient (Wildman–Crippen LogP) is 3.56. The summed E-state index contributed by atoms with van der Waals surface area (Å²) in [5.41, 5.74) is 3.15. The summed E-state index contributed by atoms with van der Waals surface area (Å²) in [5.74, 6) is 2.52. The number of azo groups is 2. The van der Waals surface area contributed by atoms with E-state index in [0.29, 0.717) is 34.8 Å². The van der Waals surface area contributed by atoms with Gasteiger partial charge in [-0.1, -0.05) is 10.2 Å². The molecule has 0 aliphatic rings. The molecule has 0 radical (unpaired) electrons. The van der Waals surface area contributed by atoms with E-state index >= 15 is 0 Å². The summed E-state index contributed by atoms with van der Waals surface area (Å²) in [7, 11) is 10.6. The first-order chi connectivity index (χ1) is 18.9. The number of aryl methyl sites for hydroxylation is 4. The molecule has 0 saturated heterocycles. The van der Waals surface area contributed by atoms with Crippen molar-refractivity contribution in [2.24, 2.45) is 48.6 Å². The molecule has 0 aliphatic carbocycles. The lowest BCUT2D eigenvalue weighted by molar-refractivity contribution is -0.659. The molecule has 4 aromatic rings. The zero-order valence-corrected chi connectivity index (χ0v) is 23.0. The number of anilines is 2. The fourth-order valence-corrected chi connectivity index (χ4v) is 3.73. The average Bonchev–Trinajstić information content (AvgIpc) is 3.44. The van der Waals surface area contributed by atoms with Gasteiger partial charge in [-0.05, 0) is 40.9 Å². The molecule has 4 rings (SSSR count). The molecule has 14 nitrogen and oxygen atoms in total. The van der Waals surface area contributed by atoms with Gasteiger partial charge < -0.3 is 20.1 Å². The molecular weight excluding hydrogens is 500 g/mol. The molecular formula is C25H34N12O2+2. The first-order valence-electron chi connectivity index (χ1n) is 12.3. The Kier molecular flexibility index (Phi) is 8.76. The Morgan fingerprint density at radius 1 is 0.718 bits per heavy atom. The van der Waals surface area contributed by atoms with Crippen LogP contribution < -0.4 is 29.2 Å². The Hall–Kier alpha value is -4.88. The molecule has 0 unspecified atom stereocenters. The summed E-state index contributed by atoms with van der Waals surface area (Å²) < 4.78 is 17.9. The van der Waals surface area contributed by atoms with Crippen molar-refractivity contribution in [3.63, 3.8) is 0 Å². The van der Waals surface area contributed by atoms with Crippen molar-refractivity contribution in [1.29, 1.82) is 0 Å². The number of hydrogen-bond acceptors (Lipinski definition) is 10. The van der Waals surface area contributed by atoms with Crippen LogP contribution in [0.1, 0.15) is 6.42 Å². The van der Waals surface area contributed by atoms with Gasteiger partial charge in [-0.25, -0.2) is 9.13 Å². The van der Waals surface area contributed by atoms with Gasteiger partial charge in [0.05, 0.1) is 42.4 Å². The average molecular weight is 535 g/mol. The molecule has 2 aromatic carbocycles. The highest BCUT2D eigenvalue weighted by atomic mass is 16.5. The van der Waals surface area contributed by atoms with Crippen LogP contribution >= 0.6 is 0 Å². The van der Waals surface area contributed by atoms with Gasteiger partial charge in [0.15, 0.2) is 0 Å². The van der Waals surface area contributed by atoms with Gasteiger partial charge in [-0.15, -0.1) is 9.36 Å². The third kappa shape index (κ3) is 6.71. The second kappa shape index (κ2) is 12.6. The SMILES string of the molecule is COc1cc(NCCCNc2ccc(/N=N/c3n(C)nc[n+]3C)c(OC)c2)ccc1/N=N/c1n(C)nc[n+]1C. The van der Waals surface area contributed by atoms with Gasteiger partial charge in [0, 0.05) is 46.8 Å². The number of rotatable bonds is 12. The van der Waals surface area contributed by atoms with Gasteiger partial charge in [-0.3, -0.25) is 0 Å².